The van der Waals surface area contributed by atoms with E-state index in [-0.39, 0.29) is 5.92 Å². The summed E-state index contributed by atoms with van der Waals surface area (Å²) in [6.45, 7) is 4.74. The maximum atomic E-state index is 12.2. The summed E-state index contributed by atoms with van der Waals surface area (Å²) in [4.78, 5) is 16.8. The van der Waals surface area contributed by atoms with Crippen LogP contribution in [0.4, 0.5) is 0 Å². The number of hydrogen-bond acceptors (Lipinski definition) is 2. The molecule has 0 radical (unpaired) electrons. The minimum Gasteiger partial charge on any atom is -0.481 e. The molecule has 2 atom stereocenters. The van der Waals surface area contributed by atoms with Crippen LogP contribution in [0.5, 0.6) is 0 Å². The number of carboxylic acids is 1. The van der Waals surface area contributed by atoms with Gasteiger partial charge in [0.2, 0.25) is 0 Å². The molecule has 1 N–H and O–H groups in total. The van der Waals surface area contributed by atoms with E-state index < -0.39 is 11.9 Å². The molecule has 0 fully saturated rings. The number of aromatic nitrogens is 2. The van der Waals surface area contributed by atoms with Gasteiger partial charge in [-0.25, -0.2) is 4.98 Å². The van der Waals surface area contributed by atoms with Crippen LogP contribution < -0.4 is 0 Å². The van der Waals surface area contributed by atoms with Crippen molar-refractivity contribution in [1.82, 2.24) is 9.55 Å². The number of rotatable bonds is 10. The van der Waals surface area contributed by atoms with E-state index in [2.05, 4.69) is 16.5 Å². The number of benzene rings is 2. The van der Waals surface area contributed by atoms with E-state index >= 15 is 0 Å². The van der Waals surface area contributed by atoms with Gasteiger partial charge < -0.3 is 9.67 Å². The van der Waals surface area contributed by atoms with Gasteiger partial charge in [-0.05, 0) is 30.0 Å². The highest BCUT2D eigenvalue weighted by Gasteiger charge is 2.29. The predicted molar refractivity (Wildman–Crippen MR) is 121 cm³/mol. The van der Waals surface area contributed by atoms with Crippen molar-refractivity contribution in [3.63, 3.8) is 0 Å². The Hall–Kier alpha value is -2.59. The van der Waals surface area contributed by atoms with Crippen LogP contribution in [0.15, 0.2) is 60.8 Å². The first-order valence-corrected chi connectivity index (χ1v) is 10.9. The molecule has 0 aliphatic rings. The zero-order valence-electron chi connectivity index (χ0n) is 17.6. The van der Waals surface area contributed by atoms with Crippen LogP contribution in [0.3, 0.4) is 0 Å². The zero-order chi connectivity index (χ0) is 21.5. The summed E-state index contributed by atoms with van der Waals surface area (Å²) in [5.74, 6) is -0.518. The number of halogens is 1. The third-order valence-electron chi connectivity index (χ3n) is 5.70. The molecule has 5 heteroatoms. The molecule has 0 aliphatic heterocycles. The fourth-order valence-electron chi connectivity index (χ4n) is 3.86. The highest BCUT2D eigenvalue weighted by molar-refractivity contribution is 6.31. The summed E-state index contributed by atoms with van der Waals surface area (Å²) >= 11 is 6.42. The lowest BCUT2D eigenvalue weighted by atomic mass is 9.86. The summed E-state index contributed by atoms with van der Waals surface area (Å²) in [6.07, 6.45) is 5.33. The molecule has 0 saturated carbocycles. The molecule has 0 bridgehead atoms. The molecule has 0 saturated heterocycles. The van der Waals surface area contributed by atoms with Crippen molar-refractivity contribution >= 4 is 17.6 Å². The molecule has 3 rings (SSSR count). The van der Waals surface area contributed by atoms with E-state index in [4.69, 9.17) is 11.6 Å². The molecule has 0 aliphatic carbocycles. The summed E-state index contributed by atoms with van der Waals surface area (Å²) in [5.41, 5.74) is 2.99. The number of aryl methyl sites for hydroxylation is 1. The lowest BCUT2D eigenvalue weighted by molar-refractivity contribution is -0.142. The molecule has 2 aromatic carbocycles. The minimum atomic E-state index is -0.785. The highest BCUT2D eigenvalue weighted by atomic mass is 35.5. The number of nitrogens with zero attached hydrogens (tertiary/aromatic N) is 2. The van der Waals surface area contributed by atoms with Crippen molar-refractivity contribution < 1.29 is 9.90 Å². The Balaban J connectivity index is 1.95. The number of imidazole rings is 1. The lowest BCUT2D eigenvalue weighted by Gasteiger charge is -2.23. The van der Waals surface area contributed by atoms with Crippen LogP contribution in [0.25, 0.3) is 0 Å². The largest absolute Gasteiger partial charge is 0.481 e. The van der Waals surface area contributed by atoms with E-state index in [0.717, 1.165) is 41.9 Å². The smallest absolute Gasteiger partial charge is 0.307 e. The number of unbranched alkanes of at least 4 members (excludes halogenated alkanes) is 1. The maximum Gasteiger partial charge on any atom is 0.307 e. The molecule has 1 heterocycles. The molecule has 0 amide bonds. The first-order chi connectivity index (χ1) is 14.5. The number of aliphatic carboxylic acids is 1. The van der Waals surface area contributed by atoms with Crippen molar-refractivity contribution in [2.75, 3.05) is 0 Å². The Morgan fingerprint density at radius 1 is 1.13 bits per heavy atom. The van der Waals surface area contributed by atoms with Gasteiger partial charge in [-0.3, -0.25) is 4.79 Å². The van der Waals surface area contributed by atoms with Gasteiger partial charge in [-0.1, -0.05) is 80.4 Å². The maximum absolute atomic E-state index is 12.2. The standard InChI is InChI=1S/C25H29ClN2O2/c1-3-4-14-24-27-16-23(28(24)17-20-12-8-9-13-22(20)26)18(2)21(25(29)30)15-19-10-6-5-7-11-19/h5-13,16,18,21H,3-4,14-15,17H2,1-2H3,(H,29,30). The molecule has 4 nitrogen and oxygen atoms in total. The Morgan fingerprint density at radius 3 is 2.50 bits per heavy atom. The lowest BCUT2D eigenvalue weighted by Crippen LogP contribution is -2.25. The van der Waals surface area contributed by atoms with Crippen LogP contribution in [0.1, 0.15) is 55.3 Å². The summed E-state index contributed by atoms with van der Waals surface area (Å²) in [5, 5.41) is 10.7. The monoisotopic (exact) mass is 424 g/mol. The Kier molecular flexibility index (Phi) is 7.69. The van der Waals surface area contributed by atoms with Gasteiger partial charge in [0.1, 0.15) is 5.82 Å². The van der Waals surface area contributed by atoms with Crippen LogP contribution in [0.2, 0.25) is 5.02 Å². The van der Waals surface area contributed by atoms with Gasteiger partial charge in [0.05, 0.1) is 12.5 Å². The van der Waals surface area contributed by atoms with E-state index in [0.29, 0.717) is 18.0 Å². The second-order valence-corrected chi connectivity index (χ2v) is 8.21. The number of carbonyl (C=O) groups is 1. The normalized spacial score (nSPS) is 13.2. The fraction of sp³-hybridized carbons (Fsp3) is 0.360. The van der Waals surface area contributed by atoms with Crippen molar-refractivity contribution in [2.24, 2.45) is 5.92 Å². The van der Waals surface area contributed by atoms with Gasteiger partial charge in [-0.15, -0.1) is 0 Å². The number of hydrogen-bond donors (Lipinski definition) is 1. The minimum absolute atomic E-state index is 0.187. The molecule has 158 valence electrons. The summed E-state index contributed by atoms with van der Waals surface area (Å²) < 4.78 is 2.17. The van der Waals surface area contributed by atoms with E-state index in [1.165, 1.54) is 0 Å². The van der Waals surface area contributed by atoms with Gasteiger partial charge in [0, 0.05) is 29.3 Å². The van der Waals surface area contributed by atoms with Gasteiger partial charge in [0.25, 0.3) is 0 Å². The molecular formula is C25H29ClN2O2. The quantitative estimate of drug-likeness (QED) is 0.436. The van der Waals surface area contributed by atoms with Crippen molar-refractivity contribution in [2.45, 2.75) is 52.0 Å². The third kappa shape index (κ3) is 5.31. The molecule has 2 unspecified atom stereocenters. The Labute approximate surface area is 183 Å². The van der Waals surface area contributed by atoms with Gasteiger partial charge >= 0.3 is 5.97 Å². The van der Waals surface area contributed by atoms with E-state index in [1.54, 1.807) is 0 Å². The van der Waals surface area contributed by atoms with Gasteiger partial charge in [0.15, 0.2) is 0 Å². The summed E-state index contributed by atoms with van der Waals surface area (Å²) in [7, 11) is 0. The average Bonchev–Trinajstić information content (AvgIpc) is 3.14. The second-order valence-electron chi connectivity index (χ2n) is 7.80. The van der Waals surface area contributed by atoms with Crippen molar-refractivity contribution in [3.05, 3.63) is 88.5 Å². The number of carboxylic acid groups (broad SMARTS) is 1. The zero-order valence-corrected chi connectivity index (χ0v) is 18.3. The van der Waals surface area contributed by atoms with Crippen LogP contribution in [-0.2, 0) is 24.2 Å². The fourth-order valence-corrected chi connectivity index (χ4v) is 4.05. The topological polar surface area (TPSA) is 55.1 Å². The summed E-state index contributed by atoms with van der Waals surface area (Å²) in [6, 6.07) is 17.6. The Morgan fingerprint density at radius 2 is 1.83 bits per heavy atom. The van der Waals surface area contributed by atoms with Gasteiger partial charge in [-0.2, -0.15) is 0 Å². The van der Waals surface area contributed by atoms with Crippen LogP contribution in [-0.4, -0.2) is 20.6 Å². The average molecular weight is 425 g/mol. The predicted octanol–water partition coefficient (Wildman–Crippen LogP) is 5.97. The highest BCUT2D eigenvalue weighted by Crippen LogP contribution is 2.30. The second kappa shape index (κ2) is 10.4. The molecule has 3 aromatic rings. The molecule has 0 spiro atoms. The Bertz CT molecular complexity index is 968. The third-order valence-corrected chi connectivity index (χ3v) is 6.06. The van der Waals surface area contributed by atoms with E-state index in [9.17, 15) is 9.90 Å². The molecular weight excluding hydrogens is 396 g/mol. The van der Waals surface area contributed by atoms with E-state index in [1.807, 2.05) is 67.7 Å². The van der Waals surface area contributed by atoms with Crippen LogP contribution in [0, 0.1) is 5.92 Å². The molecule has 1 aromatic heterocycles. The SMILES string of the molecule is CCCCc1ncc(C(C)C(Cc2ccccc2)C(=O)O)n1Cc1ccccc1Cl. The first kappa shape index (κ1) is 22.1. The van der Waals surface area contributed by atoms with Crippen molar-refractivity contribution in [1.29, 1.82) is 0 Å². The van der Waals surface area contributed by atoms with Crippen molar-refractivity contribution in [3.8, 4) is 0 Å². The van der Waals surface area contributed by atoms with Crippen LogP contribution >= 0.6 is 11.6 Å². The molecule has 30 heavy (non-hydrogen) atoms. The first-order valence-electron chi connectivity index (χ1n) is 10.6.